The van der Waals surface area contributed by atoms with Crippen molar-refractivity contribution in [3.05, 3.63) is 71.5 Å². The summed E-state index contributed by atoms with van der Waals surface area (Å²) in [6.07, 6.45) is 3.24. The van der Waals surface area contributed by atoms with E-state index in [1.165, 1.54) is 6.07 Å². The van der Waals surface area contributed by atoms with Gasteiger partial charge in [0.2, 0.25) is 0 Å². The molecule has 0 fully saturated rings. The van der Waals surface area contributed by atoms with Crippen LogP contribution in [0.2, 0.25) is 5.02 Å². The highest BCUT2D eigenvalue weighted by Crippen LogP contribution is 2.20. The number of rotatable bonds is 4. The minimum Gasteiger partial charge on any atom is -0.381 e. The zero-order valence-electron chi connectivity index (χ0n) is 11.0. The number of aromatic nitrogens is 3. The van der Waals surface area contributed by atoms with Crippen LogP contribution < -0.4 is 5.32 Å². The third-order valence-electron chi connectivity index (χ3n) is 3.08. The zero-order valence-corrected chi connectivity index (χ0v) is 11.8. The van der Waals surface area contributed by atoms with Crippen molar-refractivity contribution >= 4 is 17.3 Å². The maximum absolute atomic E-state index is 13.8. The quantitative estimate of drug-likeness (QED) is 0.799. The van der Waals surface area contributed by atoms with E-state index in [4.69, 9.17) is 11.6 Å². The molecule has 0 spiro atoms. The van der Waals surface area contributed by atoms with Crippen LogP contribution in [0.4, 0.5) is 10.1 Å². The van der Waals surface area contributed by atoms with Crippen molar-refractivity contribution in [1.29, 1.82) is 0 Å². The molecular formula is C15H12ClFN4. The Labute approximate surface area is 126 Å². The first kappa shape index (κ1) is 13.6. The Hall–Kier alpha value is -2.40. The zero-order chi connectivity index (χ0) is 14.7. The van der Waals surface area contributed by atoms with Crippen LogP contribution in [0.3, 0.4) is 0 Å². The normalized spacial score (nSPS) is 10.6. The number of hydrogen-bond donors (Lipinski definition) is 1. The van der Waals surface area contributed by atoms with Crippen molar-refractivity contribution in [3.63, 3.8) is 0 Å². The van der Waals surface area contributed by atoms with Crippen LogP contribution in [0.5, 0.6) is 0 Å². The van der Waals surface area contributed by atoms with Crippen LogP contribution >= 0.6 is 11.6 Å². The molecule has 0 atom stereocenters. The number of anilines is 1. The maximum atomic E-state index is 13.8. The van der Waals surface area contributed by atoms with Crippen molar-refractivity contribution in [1.82, 2.24) is 14.8 Å². The molecule has 0 aliphatic rings. The number of nitrogens with zero attached hydrogens (tertiary/aromatic N) is 3. The Morgan fingerprint density at radius 2 is 1.86 bits per heavy atom. The molecule has 1 aromatic heterocycles. The molecular weight excluding hydrogens is 291 g/mol. The maximum Gasteiger partial charge on any atom is 0.146 e. The summed E-state index contributed by atoms with van der Waals surface area (Å²) in [6, 6.07) is 12.7. The van der Waals surface area contributed by atoms with Gasteiger partial charge in [0, 0.05) is 17.8 Å². The second-order valence-corrected chi connectivity index (χ2v) is 4.89. The lowest BCUT2D eigenvalue weighted by Crippen LogP contribution is -2.02. The van der Waals surface area contributed by atoms with E-state index in [0.717, 1.165) is 11.4 Å². The van der Waals surface area contributed by atoms with Crippen molar-refractivity contribution < 1.29 is 4.39 Å². The highest BCUT2D eigenvalue weighted by molar-refractivity contribution is 6.30. The molecule has 0 saturated heterocycles. The largest absolute Gasteiger partial charge is 0.381 e. The van der Waals surface area contributed by atoms with Crippen molar-refractivity contribution in [3.8, 4) is 5.69 Å². The average molecular weight is 303 g/mol. The summed E-state index contributed by atoms with van der Waals surface area (Å²) < 4.78 is 15.6. The molecule has 0 radical (unpaired) electrons. The summed E-state index contributed by atoms with van der Waals surface area (Å²) in [7, 11) is 0. The SMILES string of the molecule is Fc1c(Cl)cccc1CNc1cccc(-n2cnnc2)c1. The Kier molecular flexibility index (Phi) is 3.83. The van der Waals surface area contributed by atoms with Gasteiger partial charge in [-0.05, 0) is 24.3 Å². The lowest BCUT2D eigenvalue weighted by atomic mass is 10.2. The van der Waals surface area contributed by atoms with Gasteiger partial charge >= 0.3 is 0 Å². The van der Waals surface area contributed by atoms with E-state index in [1.807, 2.05) is 24.3 Å². The highest BCUT2D eigenvalue weighted by atomic mass is 35.5. The van der Waals surface area contributed by atoms with Gasteiger partial charge < -0.3 is 5.32 Å². The summed E-state index contributed by atoms with van der Waals surface area (Å²) >= 11 is 5.77. The summed E-state index contributed by atoms with van der Waals surface area (Å²) in [6.45, 7) is 0.359. The molecule has 0 bridgehead atoms. The van der Waals surface area contributed by atoms with Crippen LogP contribution in [0.15, 0.2) is 55.1 Å². The van der Waals surface area contributed by atoms with Gasteiger partial charge in [0.15, 0.2) is 0 Å². The number of nitrogens with one attached hydrogen (secondary N) is 1. The number of halogens is 2. The van der Waals surface area contributed by atoms with Gasteiger partial charge in [0.1, 0.15) is 18.5 Å². The predicted octanol–water partition coefficient (Wildman–Crippen LogP) is 3.67. The number of benzene rings is 2. The van der Waals surface area contributed by atoms with Crippen molar-refractivity contribution in [2.75, 3.05) is 5.32 Å². The fraction of sp³-hybridized carbons (Fsp3) is 0.0667. The van der Waals surface area contributed by atoms with E-state index in [1.54, 1.807) is 29.4 Å². The van der Waals surface area contributed by atoms with E-state index in [9.17, 15) is 4.39 Å². The molecule has 1 heterocycles. The first-order valence-electron chi connectivity index (χ1n) is 6.36. The number of hydrogen-bond acceptors (Lipinski definition) is 3. The molecule has 0 amide bonds. The lowest BCUT2D eigenvalue weighted by molar-refractivity contribution is 0.613. The van der Waals surface area contributed by atoms with Crippen molar-refractivity contribution in [2.45, 2.75) is 6.54 Å². The van der Waals surface area contributed by atoms with Crippen LogP contribution in [-0.2, 0) is 6.54 Å². The molecule has 1 N–H and O–H groups in total. The Morgan fingerprint density at radius 3 is 2.67 bits per heavy atom. The standard InChI is InChI=1S/C15H12ClFN4/c16-14-6-1-3-11(15(14)17)8-18-12-4-2-5-13(7-12)21-9-19-20-10-21/h1-7,9-10,18H,8H2. The summed E-state index contributed by atoms with van der Waals surface area (Å²) in [5.41, 5.74) is 2.33. The molecule has 3 aromatic rings. The van der Waals surface area contributed by atoms with Gasteiger partial charge in [-0.15, -0.1) is 10.2 Å². The fourth-order valence-corrected chi connectivity index (χ4v) is 2.19. The molecule has 106 valence electrons. The first-order valence-corrected chi connectivity index (χ1v) is 6.73. The molecule has 21 heavy (non-hydrogen) atoms. The minimum atomic E-state index is -0.387. The predicted molar refractivity (Wildman–Crippen MR) is 80.1 cm³/mol. The topological polar surface area (TPSA) is 42.7 Å². The van der Waals surface area contributed by atoms with E-state index < -0.39 is 0 Å². The van der Waals surface area contributed by atoms with Crippen LogP contribution in [0.25, 0.3) is 5.69 Å². The van der Waals surface area contributed by atoms with Gasteiger partial charge in [-0.25, -0.2) is 4.39 Å². The Balaban J connectivity index is 1.77. The van der Waals surface area contributed by atoms with Gasteiger partial charge in [-0.3, -0.25) is 4.57 Å². The summed E-state index contributed by atoms with van der Waals surface area (Å²) in [4.78, 5) is 0. The third kappa shape index (κ3) is 3.03. The highest BCUT2D eigenvalue weighted by Gasteiger charge is 2.06. The molecule has 0 saturated carbocycles. The average Bonchev–Trinajstić information content (AvgIpc) is 3.03. The fourth-order valence-electron chi connectivity index (χ4n) is 1.99. The monoisotopic (exact) mass is 302 g/mol. The van der Waals surface area contributed by atoms with E-state index in [-0.39, 0.29) is 10.8 Å². The Morgan fingerprint density at radius 1 is 1.10 bits per heavy atom. The van der Waals surface area contributed by atoms with E-state index >= 15 is 0 Å². The molecule has 0 aliphatic heterocycles. The molecule has 3 rings (SSSR count). The van der Waals surface area contributed by atoms with Gasteiger partial charge in [-0.2, -0.15) is 0 Å². The molecule has 0 aliphatic carbocycles. The summed E-state index contributed by atoms with van der Waals surface area (Å²) in [5.74, 6) is -0.387. The second kappa shape index (κ2) is 5.93. The molecule has 0 unspecified atom stereocenters. The van der Waals surface area contributed by atoms with Crippen LogP contribution in [-0.4, -0.2) is 14.8 Å². The first-order chi connectivity index (χ1) is 10.2. The van der Waals surface area contributed by atoms with Crippen molar-refractivity contribution in [2.24, 2.45) is 0 Å². The van der Waals surface area contributed by atoms with E-state index in [2.05, 4.69) is 15.5 Å². The van der Waals surface area contributed by atoms with Gasteiger partial charge in [0.25, 0.3) is 0 Å². The molecule has 2 aromatic carbocycles. The summed E-state index contributed by atoms with van der Waals surface area (Å²) in [5, 5.41) is 10.9. The second-order valence-electron chi connectivity index (χ2n) is 4.49. The minimum absolute atomic E-state index is 0.132. The smallest absolute Gasteiger partial charge is 0.146 e. The van der Waals surface area contributed by atoms with Gasteiger partial charge in [0.05, 0.1) is 10.7 Å². The third-order valence-corrected chi connectivity index (χ3v) is 3.37. The lowest BCUT2D eigenvalue weighted by Gasteiger charge is -2.10. The molecule has 4 nitrogen and oxygen atoms in total. The van der Waals surface area contributed by atoms with Crippen LogP contribution in [0.1, 0.15) is 5.56 Å². The van der Waals surface area contributed by atoms with E-state index in [0.29, 0.717) is 12.1 Å². The van der Waals surface area contributed by atoms with Gasteiger partial charge in [-0.1, -0.05) is 29.8 Å². The van der Waals surface area contributed by atoms with Crippen LogP contribution in [0, 0.1) is 5.82 Å². The Bertz CT molecular complexity index is 743. The molecule has 6 heteroatoms.